The summed E-state index contributed by atoms with van der Waals surface area (Å²) >= 11 is 6.50. The van der Waals surface area contributed by atoms with Crippen LogP contribution in [0.4, 0.5) is 15.9 Å². The number of nitrogens with zero attached hydrogens (tertiary/aromatic N) is 4. The molecular formula is C31H27ClFN5O3. The van der Waals surface area contributed by atoms with Crippen molar-refractivity contribution in [2.45, 2.75) is 13.2 Å². The van der Waals surface area contributed by atoms with Crippen molar-refractivity contribution < 1.29 is 18.7 Å². The highest BCUT2D eigenvalue weighted by Gasteiger charge is 2.17. The smallest absolute Gasteiger partial charge is 0.242 e. The molecule has 5 aromatic rings. The number of fused-ring (bicyclic) bond motifs is 1. The van der Waals surface area contributed by atoms with Crippen LogP contribution in [0.15, 0.2) is 85.5 Å². The van der Waals surface area contributed by atoms with Crippen LogP contribution in [0.25, 0.3) is 22.0 Å². The van der Waals surface area contributed by atoms with Crippen molar-refractivity contribution in [2.24, 2.45) is 0 Å². The van der Waals surface area contributed by atoms with Crippen LogP contribution < -0.4 is 10.1 Å². The van der Waals surface area contributed by atoms with Crippen molar-refractivity contribution >= 4 is 39.9 Å². The van der Waals surface area contributed by atoms with E-state index < -0.39 is 0 Å². The first-order valence-corrected chi connectivity index (χ1v) is 13.6. The number of hydrogen-bond donors (Lipinski definition) is 1. The number of rotatable bonds is 8. The molecule has 2 aromatic heterocycles. The Morgan fingerprint density at radius 2 is 1.90 bits per heavy atom. The van der Waals surface area contributed by atoms with E-state index in [1.165, 1.54) is 18.5 Å². The summed E-state index contributed by atoms with van der Waals surface area (Å²) in [6.07, 6.45) is 5.40. The molecule has 3 heterocycles. The Hall–Kier alpha value is -4.47. The van der Waals surface area contributed by atoms with Gasteiger partial charge in [-0.15, -0.1) is 0 Å². The number of aromatic nitrogens is 3. The summed E-state index contributed by atoms with van der Waals surface area (Å²) in [6.45, 7) is 2.91. The SMILES string of the molecule is O=C(Cn1ccc(-c2ccc3ncnc(Nc4ccc(OCc5cccc(F)c5)c(Cl)c4)c3c2)c1)N1CCOCC1. The van der Waals surface area contributed by atoms with Gasteiger partial charge in [-0.2, -0.15) is 0 Å². The number of amides is 1. The van der Waals surface area contributed by atoms with E-state index >= 15 is 0 Å². The summed E-state index contributed by atoms with van der Waals surface area (Å²) in [4.78, 5) is 23.4. The molecule has 8 nitrogen and oxygen atoms in total. The Balaban J connectivity index is 1.17. The molecule has 1 aliphatic rings. The lowest BCUT2D eigenvalue weighted by Gasteiger charge is -2.26. The molecule has 0 spiro atoms. The quantitative estimate of drug-likeness (QED) is 0.243. The van der Waals surface area contributed by atoms with Crippen molar-refractivity contribution in [3.8, 4) is 16.9 Å². The minimum atomic E-state index is -0.312. The van der Waals surface area contributed by atoms with Gasteiger partial charge in [0.25, 0.3) is 0 Å². The van der Waals surface area contributed by atoms with Gasteiger partial charge >= 0.3 is 0 Å². The second-order valence-electron chi connectivity index (χ2n) is 9.71. The Morgan fingerprint density at radius 1 is 1.02 bits per heavy atom. The van der Waals surface area contributed by atoms with E-state index in [2.05, 4.69) is 15.3 Å². The highest BCUT2D eigenvalue weighted by molar-refractivity contribution is 6.32. The minimum Gasteiger partial charge on any atom is -0.487 e. The van der Waals surface area contributed by atoms with Gasteiger partial charge in [0.1, 0.15) is 36.9 Å². The molecule has 1 aliphatic heterocycles. The van der Waals surface area contributed by atoms with Crippen LogP contribution in [0.1, 0.15) is 5.56 Å². The Kier molecular flexibility index (Phi) is 7.80. The van der Waals surface area contributed by atoms with Gasteiger partial charge in [-0.05, 0) is 65.2 Å². The third-order valence-corrected chi connectivity index (χ3v) is 7.17. The molecule has 1 saturated heterocycles. The lowest BCUT2D eigenvalue weighted by atomic mass is 10.1. The summed E-state index contributed by atoms with van der Waals surface area (Å²) in [5.74, 6) is 0.891. The minimum absolute atomic E-state index is 0.0814. The van der Waals surface area contributed by atoms with Crippen LogP contribution >= 0.6 is 11.6 Å². The van der Waals surface area contributed by atoms with E-state index in [0.717, 1.165) is 27.7 Å². The summed E-state index contributed by atoms with van der Waals surface area (Å²) in [7, 11) is 0. The molecule has 1 fully saturated rings. The summed E-state index contributed by atoms with van der Waals surface area (Å²) in [5, 5.41) is 4.59. The first-order valence-electron chi connectivity index (χ1n) is 13.2. The molecule has 0 atom stereocenters. The molecule has 0 saturated carbocycles. The predicted octanol–water partition coefficient (Wildman–Crippen LogP) is 6.07. The van der Waals surface area contributed by atoms with Crippen molar-refractivity contribution in [1.29, 1.82) is 0 Å². The van der Waals surface area contributed by atoms with Gasteiger partial charge in [-0.1, -0.05) is 29.8 Å². The van der Waals surface area contributed by atoms with Crippen molar-refractivity contribution in [2.75, 3.05) is 31.6 Å². The molecule has 0 radical (unpaired) electrons. The number of morpholine rings is 1. The van der Waals surface area contributed by atoms with Gasteiger partial charge in [0.15, 0.2) is 0 Å². The van der Waals surface area contributed by atoms with E-state index in [4.69, 9.17) is 21.1 Å². The number of carbonyl (C=O) groups is 1. The number of hydrogen-bond acceptors (Lipinski definition) is 6. The molecule has 0 aliphatic carbocycles. The molecule has 0 bridgehead atoms. The predicted molar refractivity (Wildman–Crippen MR) is 156 cm³/mol. The average Bonchev–Trinajstić information content (AvgIpc) is 3.46. The summed E-state index contributed by atoms with van der Waals surface area (Å²) in [5.41, 5.74) is 4.19. The average molecular weight is 572 g/mol. The number of ether oxygens (including phenoxy) is 2. The Morgan fingerprint density at radius 3 is 2.73 bits per heavy atom. The molecule has 208 valence electrons. The molecule has 10 heteroatoms. The topological polar surface area (TPSA) is 81.5 Å². The molecule has 1 amide bonds. The largest absolute Gasteiger partial charge is 0.487 e. The van der Waals surface area contributed by atoms with Crippen LogP contribution in [-0.2, 0) is 22.7 Å². The van der Waals surface area contributed by atoms with Gasteiger partial charge in [0.05, 0.1) is 23.8 Å². The lowest BCUT2D eigenvalue weighted by molar-refractivity contribution is -0.135. The van der Waals surface area contributed by atoms with E-state index in [1.807, 2.05) is 52.2 Å². The Labute approximate surface area is 241 Å². The third kappa shape index (κ3) is 6.32. The van der Waals surface area contributed by atoms with Crippen molar-refractivity contribution in [3.63, 3.8) is 0 Å². The van der Waals surface area contributed by atoms with Crippen LogP contribution in [0, 0.1) is 5.82 Å². The zero-order valence-electron chi connectivity index (χ0n) is 22.1. The first kappa shape index (κ1) is 26.7. The van der Waals surface area contributed by atoms with Crippen LogP contribution in [0.5, 0.6) is 5.75 Å². The molecule has 1 N–H and O–H groups in total. The third-order valence-electron chi connectivity index (χ3n) is 6.88. The fourth-order valence-corrected chi connectivity index (χ4v) is 4.97. The standard InChI is InChI=1S/C31H27ClFN5O3/c32-27-16-25(5-7-29(27)41-19-21-2-1-3-24(33)14-21)36-31-26-15-22(4-6-28(26)34-20-35-31)23-8-9-37(17-23)18-30(39)38-10-12-40-13-11-38/h1-9,14-17,20H,10-13,18-19H2,(H,34,35,36). The van der Waals surface area contributed by atoms with Crippen LogP contribution in [0.3, 0.4) is 0 Å². The molecule has 41 heavy (non-hydrogen) atoms. The number of benzene rings is 3. The zero-order valence-corrected chi connectivity index (χ0v) is 22.9. The van der Waals surface area contributed by atoms with Gasteiger partial charge in [0.2, 0.25) is 5.91 Å². The fraction of sp³-hybridized carbons (Fsp3) is 0.194. The van der Waals surface area contributed by atoms with Crippen molar-refractivity contribution in [3.05, 3.63) is 102 Å². The second kappa shape index (κ2) is 12.0. The maximum Gasteiger partial charge on any atom is 0.242 e. The van der Waals surface area contributed by atoms with Gasteiger partial charge in [-0.25, -0.2) is 14.4 Å². The normalized spacial score (nSPS) is 13.4. The maximum atomic E-state index is 13.5. The molecule has 6 rings (SSSR count). The van der Waals surface area contributed by atoms with Gasteiger partial charge in [0, 0.05) is 36.6 Å². The van der Waals surface area contributed by atoms with Gasteiger partial charge in [-0.3, -0.25) is 4.79 Å². The molecular weight excluding hydrogens is 545 g/mol. The van der Waals surface area contributed by atoms with Crippen molar-refractivity contribution in [1.82, 2.24) is 19.4 Å². The van der Waals surface area contributed by atoms with E-state index in [0.29, 0.717) is 48.5 Å². The van der Waals surface area contributed by atoms with Crippen LogP contribution in [0.2, 0.25) is 5.02 Å². The summed E-state index contributed by atoms with van der Waals surface area (Å²) < 4.78 is 26.5. The van der Waals surface area contributed by atoms with E-state index in [-0.39, 0.29) is 24.9 Å². The number of anilines is 2. The monoisotopic (exact) mass is 571 g/mol. The summed E-state index contributed by atoms with van der Waals surface area (Å²) in [6, 6.07) is 19.6. The number of halogens is 2. The number of carbonyl (C=O) groups excluding carboxylic acids is 1. The zero-order chi connectivity index (χ0) is 28.2. The molecule has 3 aromatic carbocycles. The number of nitrogens with one attached hydrogen (secondary N) is 1. The van der Waals surface area contributed by atoms with Gasteiger partial charge < -0.3 is 24.3 Å². The highest BCUT2D eigenvalue weighted by atomic mass is 35.5. The highest BCUT2D eigenvalue weighted by Crippen LogP contribution is 2.32. The Bertz CT molecular complexity index is 1700. The second-order valence-corrected chi connectivity index (χ2v) is 10.1. The fourth-order valence-electron chi connectivity index (χ4n) is 4.73. The van der Waals surface area contributed by atoms with E-state index in [9.17, 15) is 9.18 Å². The van der Waals surface area contributed by atoms with E-state index in [1.54, 1.807) is 24.3 Å². The maximum absolute atomic E-state index is 13.5. The van der Waals surface area contributed by atoms with Crippen LogP contribution in [-0.4, -0.2) is 51.6 Å². The lowest BCUT2D eigenvalue weighted by Crippen LogP contribution is -2.42. The first-order chi connectivity index (χ1) is 20.0. The molecule has 0 unspecified atom stereocenters.